The number of rotatable bonds is 7. The third kappa shape index (κ3) is 4.74. The van der Waals surface area contributed by atoms with Crippen LogP contribution in [0.5, 0.6) is 5.75 Å². The van der Waals surface area contributed by atoms with Crippen molar-refractivity contribution >= 4 is 14.0 Å². The second kappa shape index (κ2) is 8.89. The summed E-state index contributed by atoms with van der Waals surface area (Å²) in [4.78, 5) is 4.63. The Hall–Kier alpha value is -2.89. The lowest BCUT2D eigenvalue weighted by molar-refractivity contribution is 0.159. The minimum Gasteiger partial charge on any atom is -0.491 e. The van der Waals surface area contributed by atoms with Crippen LogP contribution in [0.25, 0.3) is 28.0 Å². The van der Waals surface area contributed by atoms with Gasteiger partial charge in [-0.15, -0.1) is 0 Å². The molecule has 0 aliphatic heterocycles. The lowest BCUT2D eigenvalue weighted by Gasteiger charge is -2.39. The summed E-state index contributed by atoms with van der Waals surface area (Å²) in [5.41, 5.74) is 6.71. The van der Waals surface area contributed by atoms with Crippen molar-refractivity contribution in [3.05, 3.63) is 78.6 Å². The first kappa shape index (κ1) is 24.8. The van der Waals surface area contributed by atoms with Crippen LogP contribution < -0.4 is 4.74 Å². The van der Waals surface area contributed by atoms with Crippen LogP contribution in [0.15, 0.2) is 73.1 Å². The molecule has 0 bridgehead atoms. The average Bonchev–Trinajstić information content (AvgIpc) is 3.47. The smallest absolute Gasteiger partial charge is 0.193 e. The van der Waals surface area contributed by atoms with Gasteiger partial charge in [0, 0.05) is 11.8 Å². The van der Waals surface area contributed by atoms with Gasteiger partial charge in [0.25, 0.3) is 0 Å². The van der Waals surface area contributed by atoms with E-state index in [4.69, 9.17) is 9.16 Å². The maximum atomic E-state index is 6.89. The molecule has 5 heteroatoms. The van der Waals surface area contributed by atoms with Gasteiger partial charge in [-0.3, -0.25) is 4.40 Å². The first-order chi connectivity index (χ1) is 17.0. The molecule has 0 saturated heterocycles. The van der Waals surface area contributed by atoms with Gasteiger partial charge >= 0.3 is 0 Å². The highest BCUT2D eigenvalue weighted by molar-refractivity contribution is 6.74. The number of ether oxygens (including phenoxy) is 1. The molecule has 0 atom stereocenters. The number of pyridine rings is 1. The van der Waals surface area contributed by atoms with E-state index in [1.165, 1.54) is 16.7 Å². The fraction of sp³-hybridized carbons (Fsp3) is 0.387. The van der Waals surface area contributed by atoms with Gasteiger partial charge in [0.05, 0.1) is 23.6 Å². The highest BCUT2D eigenvalue weighted by Crippen LogP contribution is 2.54. The molecule has 1 fully saturated rings. The van der Waals surface area contributed by atoms with Crippen molar-refractivity contribution < 1.29 is 9.16 Å². The number of hydrogen-bond acceptors (Lipinski definition) is 3. The molecule has 0 N–H and O–H groups in total. The topological polar surface area (TPSA) is 35.8 Å². The first-order valence-corrected chi connectivity index (χ1v) is 15.9. The van der Waals surface area contributed by atoms with E-state index in [1.54, 1.807) is 0 Å². The highest BCUT2D eigenvalue weighted by Gasteiger charge is 2.52. The maximum Gasteiger partial charge on any atom is 0.193 e. The zero-order valence-corrected chi connectivity index (χ0v) is 23.6. The Morgan fingerprint density at radius 1 is 0.861 bits per heavy atom. The molecule has 2 aromatic carbocycles. The summed E-state index contributed by atoms with van der Waals surface area (Å²) in [7, 11) is -1.83. The van der Waals surface area contributed by atoms with Gasteiger partial charge in [-0.05, 0) is 97.9 Å². The Morgan fingerprint density at radius 3 is 2.06 bits per heavy atom. The van der Waals surface area contributed by atoms with Gasteiger partial charge in [0.2, 0.25) is 0 Å². The molecule has 4 aromatic rings. The summed E-state index contributed by atoms with van der Waals surface area (Å²) < 4.78 is 14.9. The summed E-state index contributed by atoms with van der Waals surface area (Å²) in [5.74, 6) is 0.884. The Morgan fingerprint density at radius 2 is 1.47 bits per heavy atom. The van der Waals surface area contributed by atoms with Crippen LogP contribution in [-0.2, 0) is 10.0 Å². The van der Waals surface area contributed by atoms with E-state index < -0.39 is 8.32 Å². The molecule has 2 aromatic heterocycles. The van der Waals surface area contributed by atoms with Crippen LogP contribution in [0.4, 0.5) is 0 Å². The minimum absolute atomic E-state index is 0.0888. The van der Waals surface area contributed by atoms with E-state index >= 15 is 0 Å². The second-order valence-corrected chi connectivity index (χ2v) is 16.6. The number of hydrogen-bond donors (Lipinski definition) is 0. The van der Waals surface area contributed by atoms with Crippen LogP contribution in [0.3, 0.4) is 0 Å². The van der Waals surface area contributed by atoms with Crippen molar-refractivity contribution in [1.29, 1.82) is 0 Å². The van der Waals surface area contributed by atoms with Crippen molar-refractivity contribution in [2.24, 2.45) is 0 Å². The zero-order chi connectivity index (χ0) is 25.7. The summed E-state index contributed by atoms with van der Waals surface area (Å²) in [6.45, 7) is 15.7. The van der Waals surface area contributed by atoms with E-state index in [0.29, 0.717) is 0 Å². The SMILES string of the molecule is CC(C)Oc1ccc(-c2cnc3ccc(-c4ccc(C5(O[Si](C)(C)C(C)(C)C)CC5)cc4)cn23)cc1. The predicted octanol–water partition coefficient (Wildman–Crippen LogP) is 8.47. The lowest BCUT2D eigenvalue weighted by atomic mass is 10.0. The molecule has 36 heavy (non-hydrogen) atoms. The molecule has 2 heterocycles. The molecular weight excluding hydrogens is 460 g/mol. The molecule has 0 spiro atoms. The number of aromatic nitrogens is 2. The van der Waals surface area contributed by atoms with Gasteiger partial charge in [0.15, 0.2) is 8.32 Å². The van der Waals surface area contributed by atoms with Gasteiger partial charge < -0.3 is 9.16 Å². The Bertz CT molecular complexity index is 1360. The van der Waals surface area contributed by atoms with Crippen LogP contribution in [-0.4, -0.2) is 23.8 Å². The van der Waals surface area contributed by atoms with Crippen molar-refractivity contribution in [2.45, 2.75) is 77.3 Å². The monoisotopic (exact) mass is 498 g/mol. The molecule has 188 valence electrons. The van der Waals surface area contributed by atoms with Crippen molar-refractivity contribution in [2.75, 3.05) is 0 Å². The highest BCUT2D eigenvalue weighted by atomic mass is 28.4. The summed E-state index contributed by atoms with van der Waals surface area (Å²) in [6.07, 6.45) is 6.52. The van der Waals surface area contributed by atoms with Crippen molar-refractivity contribution in [3.8, 4) is 28.1 Å². The first-order valence-electron chi connectivity index (χ1n) is 13.0. The molecule has 0 radical (unpaired) electrons. The van der Waals surface area contributed by atoms with E-state index in [-0.39, 0.29) is 16.7 Å². The molecule has 1 aliphatic carbocycles. The molecule has 1 aliphatic rings. The van der Waals surface area contributed by atoms with Gasteiger partial charge in [-0.2, -0.15) is 0 Å². The van der Waals surface area contributed by atoms with Crippen LogP contribution in [0, 0.1) is 0 Å². The van der Waals surface area contributed by atoms with Crippen molar-refractivity contribution in [3.63, 3.8) is 0 Å². The van der Waals surface area contributed by atoms with Crippen molar-refractivity contribution in [1.82, 2.24) is 9.38 Å². The van der Waals surface area contributed by atoms with Gasteiger partial charge in [-0.25, -0.2) is 4.98 Å². The number of benzene rings is 2. The largest absolute Gasteiger partial charge is 0.491 e. The van der Waals surface area contributed by atoms with E-state index in [1.807, 2.05) is 32.2 Å². The summed E-state index contributed by atoms with van der Waals surface area (Å²) >= 11 is 0. The third-order valence-corrected chi connectivity index (χ3v) is 12.2. The van der Waals surface area contributed by atoms with Crippen LogP contribution in [0.2, 0.25) is 18.1 Å². The average molecular weight is 499 g/mol. The molecule has 5 rings (SSSR count). The molecule has 1 saturated carbocycles. The molecular formula is C31H38N2O2Si. The molecule has 0 amide bonds. The van der Waals surface area contributed by atoms with Gasteiger partial charge in [0.1, 0.15) is 11.4 Å². The maximum absolute atomic E-state index is 6.89. The fourth-order valence-corrected chi connectivity index (χ4v) is 6.12. The normalized spacial score (nSPS) is 15.4. The molecule has 4 nitrogen and oxygen atoms in total. The summed E-state index contributed by atoms with van der Waals surface area (Å²) in [6, 6.07) is 21.5. The number of fused-ring (bicyclic) bond motifs is 1. The Labute approximate surface area is 216 Å². The lowest BCUT2D eigenvalue weighted by Crippen LogP contribution is -2.44. The quantitative estimate of drug-likeness (QED) is 0.240. The van der Waals surface area contributed by atoms with Crippen LogP contribution >= 0.6 is 0 Å². The summed E-state index contributed by atoms with van der Waals surface area (Å²) in [5, 5.41) is 0.211. The third-order valence-electron chi connectivity index (χ3n) is 7.73. The predicted molar refractivity (Wildman–Crippen MR) is 151 cm³/mol. The number of nitrogens with zero attached hydrogens (tertiary/aromatic N) is 2. The zero-order valence-electron chi connectivity index (χ0n) is 22.6. The standard InChI is InChI=1S/C31H38N2O2Si/c1-22(2)34-27-15-10-24(11-16-27)28-20-32-29-17-12-25(21-33(28)29)23-8-13-26(14-9-23)31(18-19-31)35-36(6,7)30(3,4)5/h8-17,20-22H,18-19H2,1-7H3. The van der Waals surface area contributed by atoms with Crippen LogP contribution in [0.1, 0.15) is 53.0 Å². The Kier molecular flexibility index (Phi) is 6.12. The molecule has 0 unspecified atom stereocenters. The Balaban J connectivity index is 1.41. The number of imidazole rings is 1. The van der Waals surface area contributed by atoms with Gasteiger partial charge in [-0.1, -0.05) is 45.0 Å². The second-order valence-electron chi connectivity index (χ2n) is 11.9. The van der Waals surface area contributed by atoms with E-state index in [9.17, 15) is 0 Å². The van der Waals surface area contributed by atoms with E-state index in [0.717, 1.165) is 35.5 Å². The van der Waals surface area contributed by atoms with E-state index in [2.05, 4.69) is 98.0 Å². The minimum atomic E-state index is -1.83. The fourth-order valence-electron chi connectivity index (χ4n) is 4.51.